The van der Waals surface area contributed by atoms with Gasteiger partial charge in [-0.2, -0.15) is 0 Å². The third-order valence-corrected chi connectivity index (χ3v) is 5.19. The van der Waals surface area contributed by atoms with Crippen molar-refractivity contribution in [2.24, 2.45) is 0 Å². The minimum atomic E-state index is -0.247. The summed E-state index contributed by atoms with van der Waals surface area (Å²) in [4.78, 5) is 29.4. The molecule has 0 atom stereocenters. The molecule has 0 unspecified atom stereocenters. The Bertz CT molecular complexity index is 1060. The number of aromatic nitrogens is 4. The number of benzene rings is 1. The van der Waals surface area contributed by atoms with Crippen LogP contribution in [0.15, 0.2) is 24.3 Å². The Labute approximate surface area is 171 Å². The van der Waals surface area contributed by atoms with Crippen molar-refractivity contribution < 1.29 is 14.7 Å². The summed E-state index contributed by atoms with van der Waals surface area (Å²) in [5.74, 6) is 0.975. The highest BCUT2D eigenvalue weighted by molar-refractivity contribution is 6.31. The van der Waals surface area contributed by atoms with E-state index in [1.165, 1.54) is 0 Å². The van der Waals surface area contributed by atoms with E-state index < -0.39 is 0 Å². The van der Waals surface area contributed by atoms with Gasteiger partial charge < -0.3 is 24.9 Å². The summed E-state index contributed by atoms with van der Waals surface area (Å²) in [6.45, 7) is 1.68. The van der Waals surface area contributed by atoms with Crippen LogP contribution in [0.5, 0.6) is 0 Å². The molecule has 29 heavy (non-hydrogen) atoms. The van der Waals surface area contributed by atoms with Gasteiger partial charge in [0.15, 0.2) is 11.6 Å². The van der Waals surface area contributed by atoms with Crippen molar-refractivity contribution in [3.8, 4) is 0 Å². The molecule has 0 saturated carbocycles. The van der Waals surface area contributed by atoms with Crippen LogP contribution >= 0.6 is 11.6 Å². The van der Waals surface area contributed by atoms with Gasteiger partial charge in [0.25, 0.3) is 5.91 Å². The average molecular weight is 417 g/mol. The van der Waals surface area contributed by atoms with E-state index in [1.807, 2.05) is 10.6 Å². The van der Waals surface area contributed by atoms with E-state index in [2.05, 4.69) is 20.5 Å². The molecule has 0 aliphatic carbocycles. The number of hydrogen-bond acceptors (Lipinski definition) is 5. The summed E-state index contributed by atoms with van der Waals surface area (Å²) in [6, 6.07) is 7.15. The fourth-order valence-electron chi connectivity index (χ4n) is 3.49. The van der Waals surface area contributed by atoms with Gasteiger partial charge in [0.1, 0.15) is 5.69 Å². The molecule has 3 heterocycles. The summed E-state index contributed by atoms with van der Waals surface area (Å²) in [6.07, 6.45) is 0.860. The van der Waals surface area contributed by atoms with Gasteiger partial charge in [-0.25, -0.2) is 0 Å². The molecule has 9 nitrogen and oxygen atoms in total. The Morgan fingerprint density at radius 1 is 1.24 bits per heavy atom. The lowest BCUT2D eigenvalue weighted by atomic mass is 10.2. The second-order valence-electron chi connectivity index (χ2n) is 6.92. The van der Waals surface area contributed by atoms with Crippen LogP contribution < -0.4 is 5.32 Å². The maximum atomic E-state index is 12.5. The van der Waals surface area contributed by atoms with Gasteiger partial charge in [0.2, 0.25) is 5.91 Å². The van der Waals surface area contributed by atoms with Gasteiger partial charge in [-0.05, 0) is 30.7 Å². The number of carbonyl (C=O) groups is 2. The smallest absolute Gasteiger partial charge is 0.268 e. The monoisotopic (exact) mass is 416 g/mol. The second kappa shape index (κ2) is 8.22. The van der Waals surface area contributed by atoms with Crippen molar-refractivity contribution in [3.05, 3.63) is 46.6 Å². The Morgan fingerprint density at radius 2 is 2.10 bits per heavy atom. The Hall–Kier alpha value is -2.91. The molecular formula is C19H21ClN6O3. The number of H-pyrrole nitrogens is 1. The van der Waals surface area contributed by atoms with Crippen molar-refractivity contribution >= 4 is 34.3 Å². The van der Waals surface area contributed by atoms with Gasteiger partial charge in [-0.1, -0.05) is 11.6 Å². The maximum absolute atomic E-state index is 12.5. The highest BCUT2D eigenvalue weighted by atomic mass is 35.5. The fourth-order valence-corrected chi connectivity index (χ4v) is 3.68. The van der Waals surface area contributed by atoms with E-state index in [9.17, 15) is 9.59 Å². The van der Waals surface area contributed by atoms with Crippen molar-refractivity contribution in [3.63, 3.8) is 0 Å². The van der Waals surface area contributed by atoms with Crippen molar-refractivity contribution in [1.82, 2.24) is 30.0 Å². The first kappa shape index (κ1) is 19.4. The van der Waals surface area contributed by atoms with E-state index >= 15 is 0 Å². The number of aliphatic hydroxyl groups excluding tert-OH is 1. The number of fused-ring (bicyclic) bond motifs is 2. The molecule has 0 bridgehead atoms. The quantitative estimate of drug-likeness (QED) is 0.582. The summed E-state index contributed by atoms with van der Waals surface area (Å²) in [5, 5.41) is 21.7. The molecule has 1 aliphatic rings. The molecule has 0 fully saturated rings. The van der Waals surface area contributed by atoms with Crippen LogP contribution in [0, 0.1) is 0 Å². The molecule has 4 rings (SSSR count). The number of aromatic amines is 1. The van der Waals surface area contributed by atoms with E-state index in [0.717, 1.165) is 17.3 Å². The molecule has 1 aromatic carbocycles. The van der Waals surface area contributed by atoms with Crippen LogP contribution in [-0.4, -0.2) is 54.7 Å². The largest absolute Gasteiger partial charge is 0.396 e. The summed E-state index contributed by atoms with van der Waals surface area (Å²) in [7, 11) is 0. The van der Waals surface area contributed by atoms with Crippen LogP contribution in [0.3, 0.4) is 0 Å². The third kappa shape index (κ3) is 4.10. The minimum Gasteiger partial charge on any atom is -0.396 e. The van der Waals surface area contributed by atoms with E-state index in [1.54, 1.807) is 23.1 Å². The molecule has 0 spiro atoms. The van der Waals surface area contributed by atoms with Crippen LogP contribution in [0.1, 0.15) is 35.0 Å². The first-order valence-electron chi connectivity index (χ1n) is 9.41. The molecule has 0 radical (unpaired) electrons. The highest BCUT2D eigenvalue weighted by Crippen LogP contribution is 2.20. The minimum absolute atomic E-state index is 0.0993. The third-order valence-electron chi connectivity index (χ3n) is 4.96. The first-order valence-corrected chi connectivity index (χ1v) is 9.79. The SMILES string of the molecule is O=C(NCc1nnc2n1CCCN(C(=O)CCO)C2)c1cc2cc(Cl)ccc2[nH]1. The predicted molar refractivity (Wildman–Crippen MR) is 106 cm³/mol. The number of nitrogens with zero attached hydrogens (tertiary/aromatic N) is 4. The van der Waals surface area contributed by atoms with E-state index in [4.69, 9.17) is 16.7 Å². The van der Waals surface area contributed by atoms with E-state index in [-0.39, 0.29) is 31.4 Å². The van der Waals surface area contributed by atoms with E-state index in [0.29, 0.717) is 42.0 Å². The average Bonchev–Trinajstić information content (AvgIpc) is 3.22. The van der Waals surface area contributed by atoms with Crippen LogP contribution in [0.2, 0.25) is 5.02 Å². The van der Waals surface area contributed by atoms with Gasteiger partial charge in [-0.3, -0.25) is 9.59 Å². The number of amides is 2. The number of hydrogen-bond donors (Lipinski definition) is 3. The Balaban J connectivity index is 1.44. The molecule has 152 valence electrons. The molecule has 2 amide bonds. The zero-order valence-electron chi connectivity index (χ0n) is 15.7. The first-order chi connectivity index (χ1) is 14.0. The number of carbonyl (C=O) groups excluding carboxylic acids is 2. The van der Waals surface area contributed by atoms with Gasteiger partial charge in [0, 0.05) is 35.4 Å². The maximum Gasteiger partial charge on any atom is 0.268 e. The lowest BCUT2D eigenvalue weighted by Gasteiger charge is -2.18. The summed E-state index contributed by atoms with van der Waals surface area (Å²) in [5.41, 5.74) is 1.28. The molecule has 3 aromatic rings. The van der Waals surface area contributed by atoms with Crippen molar-refractivity contribution in [2.45, 2.75) is 32.5 Å². The molecule has 1 aliphatic heterocycles. The Morgan fingerprint density at radius 3 is 2.93 bits per heavy atom. The molecule has 10 heteroatoms. The van der Waals surface area contributed by atoms with Crippen LogP contribution in [0.4, 0.5) is 0 Å². The van der Waals surface area contributed by atoms with Gasteiger partial charge in [0.05, 0.1) is 19.7 Å². The van der Waals surface area contributed by atoms with Gasteiger partial charge >= 0.3 is 0 Å². The zero-order valence-corrected chi connectivity index (χ0v) is 16.4. The molecule has 2 aromatic heterocycles. The number of rotatable bonds is 5. The standard InChI is InChI=1S/C19H21ClN6O3/c20-13-2-3-14-12(8-13)9-15(22-14)19(29)21-10-16-23-24-17-11-25(18(28)4-7-27)5-1-6-26(16)17/h2-3,8-9,22,27H,1,4-7,10-11H2,(H,21,29). The summed E-state index contributed by atoms with van der Waals surface area (Å²) >= 11 is 5.99. The lowest BCUT2D eigenvalue weighted by molar-refractivity contribution is -0.132. The lowest BCUT2D eigenvalue weighted by Crippen LogP contribution is -2.31. The number of nitrogens with one attached hydrogen (secondary N) is 2. The highest BCUT2D eigenvalue weighted by Gasteiger charge is 2.22. The fraction of sp³-hybridized carbons (Fsp3) is 0.368. The molecular weight excluding hydrogens is 396 g/mol. The van der Waals surface area contributed by atoms with Crippen LogP contribution in [-0.2, 0) is 24.4 Å². The Kier molecular flexibility index (Phi) is 5.50. The topological polar surface area (TPSA) is 116 Å². The van der Waals surface area contributed by atoms with Crippen molar-refractivity contribution in [2.75, 3.05) is 13.2 Å². The summed E-state index contributed by atoms with van der Waals surface area (Å²) < 4.78 is 1.94. The van der Waals surface area contributed by atoms with Crippen molar-refractivity contribution in [1.29, 1.82) is 0 Å². The predicted octanol–water partition coefficient (Wildman–Crippen LogP) is 1.46. The molecule has 0 saturated heterocycles. The second-order valence-corrected chi connectivity index (χ2v) is 7.36. The number of halogens is 1. The van der Waals surface area contributed by atoms with Gasteiger partial charge in [-0.15, -0.1) is 10.2 Å². The molecule has 3 N–H and O–H groups in total. The zero-order chi connectivity index (χ0) is 20.4. The van der Waals surface area contributed by atoms with Crippen LogP contribution in [0.25, 0.3) is 10.9 Å². The normalized spacial score (nSPS) is 13.9. The number of aliphatic hydroxyl groups is 1.